The normalized spacial score (nSPS) is 20.9. The zero-order chi connectivity index (χ0) is 18.0. The molecule has 3 nitrogen and oxygen atoms in total. The summed E-state index contributed by atoms with van der Waals surface area (Å²) in [5, 5.41) is 0. The summed E-state index contributed by atoms with van der Waals surface area (Å²) in [7, 11) is 0. The third-order valence-corrected chi connectivity index (χ3v) is 4.36. The summed E-state index contributed by atoms with van der Waals surface area (Å²) in [6.45, 7) is 5.52. The van der Waals surface area contributed by atoms with Crippen molar-refractivity contribution in [3.63, 3.8) is 0 Å². The van der Waals surface area contributed by atoms with E-state index in [-0.39, 0.29) is 11.7 Å². The fourth-order valence-corrected chi connectivity index (χ4v) is 2.43. The van der Waals surface area contributed by atoms with E-state index >= 15 is 0 Å². The van der Waals surface area contributed by atoms with Crippen LogP contribution < -0.4 is 4.74 Å². The van der Waals surface area contributed by atoms with Crippen molar-refractivity contribution in [3.8, 4) is 5.75 Å². The number of hydrogen-bond donors (Lipinski definition) is 0. The molecule has 0 N–H and O–H groups in total. The second-order valence-corrected chi connectivity index (χ2v) is 6.53. The van der Waals surface area contributed by atoms with Gasteiger partial charge >= 0.3 is 12.3 Å². The summed E-state index contributed by atoms with van der Waals surface area (Å²) in [6, 6.07) is 5.47. The minimum absolute atomic E-state index is 0.302. The lowest BCUT2D eigenvalue weighted by atomic mass is 9.88. The number of halogens is 3. The van der Waals surface area contributed by atoms with Crippen molar-refractivity contribution >= 4 is 5.97 Å². The van der Waals surface area contributed by atoms with Gasteiger partial charge in [0.15, 0.2) is 5.60 Å². The predicted octanol–water partition coefficient (Wildman–Crippen LogP) is 5.11. The number of rotatable bonds is 5. The number of esters is 1. The molecule has 1 aliphatic carbocycles. The average Bonchev–Trinajstić information content (AvgIpc) is 2.96. The quantitative estimate of drug-likeness (QED) is 0.551. The van der Waals surface area contributed by atoms with E-state index in [1.807, 2.05) is 26.8 Å². The molecule has 0 radical (unpaired) electrons. The number of allylic oxidation sites excluding steroid dienone is 1. The Hall–Kier alpha value is -1.98. The zero-order valence-corrected chi connectivity index (χ0v) is 13.9. The maximum absolute atomic E-state index is 12.5. The third-order valence-electron chi connectivity index (χ3n) is 4.36. The van der Waals surface area contributed by atoms with Gasteiger partial charge in [-0.15, -0.1) is 13.2 Å². The molecule has 0 aliphatic heterocycles. The first kappa shape index (κ1) is 18.4. The van der Waals surface area contributed by atoms with E-state index in [2.05, 4.69) is 4.74 Å². The van der Waals surface area contributed by atoms with Crippen LogP contribution in [0.2, 0.25) is 0 Å². The first-order valence-electron chi connectivity index (χ1n) is 7.85. The number of alkyl halides is 3. The molecule has 1 aliphatic rings. The molecule has 24 heavy (non-hydrogen) atoms. The Labute approximate surface area is 139 Å². The molecule has 1 aromatic rings. The number of benzene rings is 1. The molecule has 1 aromatic carbocycles. The molecule has 0 saturated heterocycles. The van der Waals surface area contributed by atoms with Crippen LogP contribution in [-0.2, 0) is 15.1 Å². The van der Waals surface area contributed by atoms with Crippen molar-refractivity contribution in [2.75, 3.05) is 0 Å². The standard InChI is InChI=1S/C18H21F3O3/c1-4-16(2,3)15(22)24-17(11-5-6-12-17)13-7-9-14(10-8-13)23-18(19,20)21/h5,7-11H,4,6,12H2,1-3H3. The van der Waals surface area contributed by atoms with Crippen LogP contribution in [-0.4, -0.2) is 12.3 Å². The summed E-state index contributed by atoms with van der Waals surface area (Å²) in [5.41, 5.74) is -0.922. The molecule has 0 amide bonds. The second-order valence-electron chi connectivity index (χ2n) is 6.53. The van der Waals surface area contributed by atoms with Crippen molar-refractivity contribution in [1.29, 1.82) is 0 Å². The van der Waals surface area contributed by atoms with Crippen molar-refractivity contribution in [2.45, 2.75) is 52.0 Å². The lowest BCUT2D eigenvalue weighted by Gasteiger charge is -2.32. The van der Waals surface area contributed by atoms with Crippen LogP contribution in [0, 0.1) is 5.41 Å². The van der Waals surface area contributed by atoms with Gasteiger partial charge in [0, 0.05) is 0 Å². The van der Waals surface area contributed by atoms with Crippen LogP contribution in [0.4, 0.5) is 13.2 Å². The summed E-state index contributed by atoms with van der Waals surface area (Å²) in [5.74, 6) is -0.629. The monoisotopic (exact) mass is 342 g/mol. The van der Waals surface area contributed by atoms with Crippen LogP contribution in [0.5, 0.6) is 5.75 Å². The Kier molecular flexibility index (Phi) is 4.97. The molecular weight excluding hydrogens is 321 g/mol. The highest BCUT2D eigenvalue weighted by molar-refractivity contribution is 5.76. The van der Waals surface area contributed by atoms with E-state index in [1.54, 1.807) is 6.08 Å². The lowest BCUT2D eigenvalue weighted by molar-refractivity contribution is -0.274. The van der Waals surface area contributed by atoms with Crippen LogP contribution in [0.1, 0.15) is 45.6 Å². The molecule has 0 spiro atoms. The van der Waals surface area contributed by atoms with Gasteiger partial charge in [-0.25, -0.2) is 0 Å². The van der Waals surface area contributed by atoms with Crippen molar-refractivity contribution in [3.05, 3.63) is 42.0 Å². The molecule has 132 valence electrons. The molecule has 0 saturated carbocycles. The van der Waals surface area contributed by atoms with E-state index in [9.17, 15) is 18.0 Å². The zero-order valence-electron chi connectivity index (χ0n) is 13.9. The second kappa shape index (κ2) is 6.49. The lowest BCUT2D eigenvalue weighted by Crippen LogP contribution is -2.35. The van der Waals surface area contributed by atoms with Gasteiger partial charge in [0.2, 0.25) is 0 Å². The number of hydrogen-bond acceptors (Lipinski definition) is 3. The molecule has 1 atom stereocenters. The number of carbonyl (C=O) groups excluding carboxylic acids is 1. The predicted molar refractivity (Wildman–Crippen MR) is 83.3 cm³/mol. The Bertz CT molecular complexity index is 617. The maximum Gasteiger partial charge on any atom is 0.573 e. The van der Waals surface area contributed by atoms with E-state index in [0.29, 0.717) is 18.4 Å². The van der Waals surface area contributed by atoms with Gasteiger partial charge in [0.05, 0.1) is 5.41 Å². The molecule has 0 bridgehead atoms. The minimum atomic E-state index is -4.73. The van der Waals surface area contributed by atoms with Crippen LogP contribution in [0.15, 0.2) is 36.4 Å². The largest absolute Gasteiger partial charge is 0.573 e. The highest BCUT2D eigenvalue weighted by atomic mass is 19.4. The Morgan fingerprint density at radius 1 is 1.21 bits per heavy atom. The van der Waals surface area contributed by atoms with E-state index in [0.717, 1.165) is 6.42 Å². The van der Waals surface area contributed by atoms with E-state index in [4.69, 9.17) is 4.74 Å². The first-order valence-corrected chi connectivity index (χ1v) is 7.85. The SMILES string of the molecule is CCC(C)(C)C(=O)OC1(c2ccc(OC(F)(F)F)cc2)C=CCC1. The van der Waals surface area contributed by atoms with Crippen molar-refractivity contribution < 1.29 is 27.4 Å². The van der Waals surface area contributed by atoms with Gasteiger partial charge in [-0.1, -0.05) is 25.1 Å². The molecule has 0 fully saturated rings. The Balaban J connectivity index is 2.25. The van der Waals surface area contributed by atoms with Crippen molar-refractivity contribution in [2.24, 2.45) is 5.41 Å². The molecular formula is C18H21F3O3. The molecule has 0 heterocycles. The molecule has 1 unspecified atom stereocenters. The Morgan fingerprint density at radius 3 is 2.29 bits per heavy atom. The van der Waals surface area contributed by atoms with Gasteiger partial charge in [0.25, 0.3) is 0 Å². The van der Waals surface area contributed by atoms with Crippen LogP contribution >= 0.6 is 0 Å². The fourth-order valence-electron chi connectivity index (χ4n) is 2.43. The summed E-state index contributed by atoms with van der Waals surface area (Å²) >= 11 is 0. The summed E-state index contributed by atoms with van der Waals surface area (Å²) < 4.78 is 46.4. The molecule has 6 heteroatoms. The molecule has 2 rings (SSSR count). The smallest absolute Gasteiger partial charge is 0.449 e. The van der Waals surface area contributed by atoms with Crippen LogP contribution in [0.3, 0.4) is 0 Å². The van der Waals surface area contributed by atoms with Crippen molar-refractivity contribution in [1.82, 2.24) is 0 Å². The molecule has 0 aromatic heterocycles. The highest BCUT2D eigenvalue weighted by Gasteiger charge is 2.40. The van der Waals surface area contributed by atoms with E-state index in [1.165, 1.54) is 24.3 Å². The minimum Gasteiger partial charge on any atom is -0.449 e. The topological polar surface area (TPSA) is 35.5 Å². The summed E-state index contributed by atoms with van der Waals surface area (Å²) in [6.07, 6.45) is 0.912. The number of ether oxygens (including phenoxy) is 2. The van der Waals surface area contributed by atoms with Gasteiger partial charge in [0.1, 0.15) is 5.75 Å². The fraction of sp³-hybridized carbons (Fsp3) is 0.500. The number of carbonyl (C=O) groups is 1. The summed E-state index contributed by atoms with van der Waals surface area (Å²) in [4.78, 5) is 12.5. The Morgan fingerprint density at radius 2 is 1.83 bits per heavy atom. The van der Waals surface area contributed by atoms with Gasteiger partial charge in [-0.3, -0.25) is 4.79 Å². The first-order chi connectivity index (χ1) is 11.1. The van der Waals surface area contributed by atoms with Gasteiger partial charge in [-0.2, -0.15) is 0 Å². The van der Waals surface area contributed by atoms with E-state index < -0.39 is 17.4 Å². The van der Waals surface area contributed by atoms with Gasteiger partial charge < -0.3 is 9.47 Å². The average molecular weight is 342 g/mol. The highest BCUT2D eigenvalue weighted by Crippen LogP contribution is 2.40. The van der Waals surface area contributed by atoms with Gasteiger partial charge in [-0.05, 0) is 56.9 Å². The third kappa shape index (κ3) is 4.10. The maximum atomic E-state index is 12.5. The van der Waals surface area contributed by atoms with Crippen LogP contribution in [0.25, 0.3) is 0 Å².